The number of carbonyl (C=O) groups excluding carboxylic acids is 3. The van der Waals surface area contributed by atoms with Crippen molar-refractivity contribution in [3.05, 3.63) is 24.3 Å². The van der Waals surface area contributed by atoms with Gasteiger partial charge >= 0.3 is 11.9 Å². The highest BCUT2D eigenvalue weighted by atomic mass is 16.6. The van der Waals surface area contributed by atoms with E-state index in [-0.39, 0.29) is 42.7 Å². The van der Waals surface area contributed by atoms with E-state index in [2.05, 4.69) is 38.2 Å². The molecule has 0 aromatic rings. The molecule has 0 bridgehead atoms. The Balaban J connectivity index is 4.41. The third-order valence-corrected chi connectivity index (χ3v) is 8.85. The Hall–Kier alpha value is -2.19. The molecule has 0 N–H and O–H groups in total. The fourth-order valence-corrected chi connectivity index (χ4v) is 5.75. The van der Waals surface area contributed by atoms with Crippen LogP contribution in [0.25, 0.3) is 0 Å². The number of nitrogens with zero attached hydrogens (tertiary/aromatic N) is 1. The Morgan fingerprint density at radius 3 is 1.67 bits per heavy atom. The SMILES string of the molecule is CC/C=C/C/C=C/CCCCCCCC(=O)OCC(COCCC(C(=O)[O-])[N+](C)(C)C)OC(=O)CCCCCCCCCCCCCCC. The van der Waals surface area contributed by atoms with Gasteiger partial charge in [-0.15, -0.1) is 0 Å². The van der Waals surface area contributed by atoms with Gasteiger partial charge in [0.2, 0.25) is 0 Å². The van der Waals surface area contributed by atoms with Gasteiger partial charge in [0.05, 0.1) is 40.3 Å². The number of aliphatic carboxylic acids is 1. The normalized spacial score (nSPS) is 13.2. The van der Waals surface area contributed by atoms with Crippen molar-refractivity contribution in [1.82, 2.24) is 0 Å². The number of rotatable bonds is 35. The van der Waals surface area contributed by atoms with E-state index in [0.29, 0.717) is 12.8 Å². The molecule has 8 heteroatoms. The number of ether oxygens (including phenoxy) is 3. The molecule has 0 rings (SSSR count). The molecule has 2 atom stereocenters. The summed E-state index contributed by atoms with van der Waals surface area (Å²) < 4.78 is 17.1. The summed E-state index contributed by atoms with van der Waals surface area (Å²) in [6.07, 6.45) is 33.4. The van der Waals surface area contributed by atoms with Crippen molar-refractivity contribution in [2.24, 2.45) is 0 Å². The Labute approximate surface area is 301 Å². The molecule has 0 aromatic carbocycles. The molecule has 286 valence electrons. The minimum atomic E-state index is -1.13. The molecular weight excluding hydrogens is 618 g/mol. The highest BCUT2D eigenvalue weighted by Gasteiger charge is 2.25. The standard InChI is InChI=1S/C41H75NO7/c1-6-8-10-12-14-16-18-20-22-24-26-28-30-32-40(44)49-37(35-47-34-33-38(41(45)46)42(3,4)5)36-48-39(43)31-29-27-25-23-21-19-17-15-13-11-9-7-2/h9,11,15,17,37-38H,6-8,10,12-14,16,18-36H2,1-5H3/b11-9+,17-15+. The van der Waals surface area contributed by atoms with Gasteiger partial charge in [0, 0.05) is 19.3 Å². The number of hydrogen-bond acceptors (Lipinski definition) is 7. The van der Waals surface area contributed by atoms with E-state index in [4.69, 9.17) is 14.2 Å². The fraction of sp³-hybridized carbons (Fsp3) is 0.829. The molecule has 0 aliphatic carbocycles. The lowest BCUT2D eigenvalue weighted by atomic mass is 10.0. The molecule has 0 aliphatic rings. The maximum atomic E-state index is 12.6. The number of carboxylic acid groups (broad SMARTS) is 1. The molecule has 0 aliphatic heterocycles. The second-order valence-corrected chi connectivity index (χ2v) is 14.5. The first-order chi connectivity index (χ1) is 23.6. The van der Waals surface area contributed by atoms with Crippen molar-refractivity contribution in [3.8, 4) is 0 Å². The van der Waals surface area contributed by atoms with Gasteiger partial charge in [-0.05, 0) is 38.5 Å². The van der Waals surface area contributed by atoms with Crippen LogP contribution in [0, 0.1) is 0 Å². The van der Waals surface area contributed by atoms with Gasteiger partial charge in [0.15, 0.2) is 6.10 Å². The van der Waals surface area contributed by atoms with Crippen molar-refractivity contribution in [3.63, 3.8) is 0 Å². The number of hydrogen-bond donors (Lipinski definition) is 0. The first-order valence-corrected chi connectivity index (χ1v) is 19.9. The topological polar surface area (TPSA) is 102 Å². The van der Waals surface area contributed by atoms with Crippen LogP contribution in [0.2, 0.25) is 0 Å². The van der Waals surface area contributed by atoms with Crippen LogP contribution in [0.1, 0.15) is 168 Å². The molecule has 49 heavy (non-hydrogen) atoms. The molecule has 0 fully saturated rings. The summed E-state index contributed by atoms with van der Waals surface area (Å²) in [5.74, 6) is -1.75. The van der Waals surface area contributed by atoms with Gasteiger partial charge in [-0.3, -0.25) is 9.59 Å². The Morgan fingerprint density at radius 2 is 1.14 bits per heavy atom. The van der Waals surface area contributed by atoms with Gasteiger partial charge in [0.1, 0.15) is 12.6 Å². The molecule has 8 nitrogen and oxygen atoms in total. The highest BCUT2D eigenvalue weighted by Crippen LogP contribution is 2.14. The summed E-state index contributed by atoms with van der Waals surface area (Å²) in [5.41, 5.74) is 0. The van der Waals surface area contributed by atoms with Gasteiger partial charge in [-0.25, -0.2) is 0 Å². The monoisotopic (exact) mass is 694 g/mol. The van der Waals surface area contributed by atoms with Crippen LogP contribution >= 0.6 is 0 Å². The zero-order valence-corrected chi connectivity index (χ0v) is 32.4. The Kier molecular flexibility index (Phi) is 31.5. The van der Waals surface area contributed by atoms with Gasteiger partial charge in [-0.1, -0.05) is 134 Å². The summed E-state index contributed by atoms with van der Waals surface area (Å²) in [6.45, 7) is 4.53. The molecule has 0 saturated heterocycles. The van der Waals surface area contributed by atoms with Crippen LogP contribution < -0.4 is 5.11 Å². The zero-order chi connectivity index (χ0) is 36.4. The quantitative estimate of drug-likeness (QED) is 0.0283. The van der Waals surface area contributed by atoms with Crippen molar-refractivity contribution >= 4 is 17.9 Å². The number of allylic oxidation sites excluding steroid dienone is 4. The number of carboxylic acids is 1. The Bertz CT molecular complexity index is 864. The Morgan fingerprint density at radius 1 is 0.633 bits per heavy atom. The number of likely N-dealkylation sites (N-methyl/N-ethyl adjacent to an activating group) is 1. The molecule has 0 saturated carbocycles. The van der Waals surface area contributed by atoms with Gasteiger partial charge in [0.25, 0.3) is 0 Å². The smallest absolute Gasteiger partial charge is 0.306 e. The largest absolute Gasteiger partial charge is 0.544 e. The molecule has 0 aromatic heterocycles. The number of quaternary nitrogens is 1. The molecule has 0 spiro atoms. The van der Waals surface area contributed by atoms with Crippen molar-refractivity contribution in [2.45, 2.75) is 180 Å². The van der Waals surface area contributed by atoms with Crippen LogP contribution in [-0.2, 0) is 28.6 Å². The molecule has 0 radical (unpaired) electrons. The average Bonchev–Trinajstić information content (AvgIpc) is 3.05. The molecule has 0 heterocycles. The fourth-order valence-electron chi connectivity index (χ4n) is 5.75. The summed E-state index contributed by atoms with van der Waals surface area (Å²) in [7, 11) is 5.40. The second kappa shape index (κ2) is 33.0. The third-order valence-electron chi connectivity index (χ3n) is 8.85. The first-order valence-electron chi connectivity index (χ1n) is 19.9. The van der Waals surface area contributed by atoms with E-state index in [1.165, 1.54) is 64.2 Å². The number of unbranched alkanes of at least 4 members (excludes halogenated alkanes) is 17. The molecule has 2 unspecified atom stereocenters. The number of carbonyl (C=O) groups is 3. The van der Waals surface area contributed by atoms with Crippen molar-refractivity contribution in [1.29, 1.82) is 0 Å². The maximum absolute atomic E-state index is 12.6. The van der Waals surface area contributed by atoms with Crippen molar-refractivity contribution < 1.29 is 38.2 Å². The predicted octanol–water partition coefficient (Wildman–Crippen LogP) is 8.80. The lowest BCUT2D eigenvalue weighted by molar-refractivity contribution is -0.889. The highest BCUT2D eigenvalue weighted by molar-refractivity contribution is 5.70. The maximum Gasteiger partial charge on any atom is 0.306 e. The van der Waals surface area contributed by atoms with E-state index in [1.807, 2.05) is 0 Å². The summed E-state index contributed by atoms with van der Waals surface area (Å²) >= 11 is 0. The third kappa shape index (κ3) is 31.5. The van der Waals surface area contributed by atoms with Crippen LogP contribution in [-0.4, -0.2) is 75.5 Å². The van der Waals surface area contributed by atoms with E-state index < -0.39 is 18.1 Å². The van der Waals surface area contributed by atoms with E-state index in [9.17, 15) is 19.5 Å². The summed E-state index contributed by atoms with van der Waals surface area (Å²) in [6, 6.07) is -0.723. The minimum Gasteiger partial charge on any atom is -0.544 e. The van der Waals surface area contributed by atoms with Crippen LogP contribution in [0.5, 0.6) is 0 Å². The lowest BCUT2D eigenvalue weighted by Crippen LogP contribution is -2.55. The van der Waals surface area contributed by atoms with Gasteiger partial charge in [-0.2, -0.15) is 0 Å². The van der Waals surface area contributed by atoms with E-state index in [1.54, 1.807) is 21.1 Å². The lowest BCUT2D eigenvalue weighted by Gasteiger charge is -2.34. The predicted molar refractivity (Wildman–Crippen MR) is 199 cm³/mol. The number of esters is 2. The van der Waals surface area contributed by atoms with E-state index >= 15 is 0 Å². The van der Waals surface area contributed by atoms with Crippen molar-refractivity contribution in [2.75, 3.05) is 41.0 Å². The second-order valence-electron chi connectivity index (χ2n) is 14.5. The molecule has 0 amide bonds. The van der Waals surface area contributed by atoms with E-state index in [0.717, 1.165) is 70.6 Å². The summed E-state index contributed by atoms with van der Waals surface area (Å²) in [5, 5.41) is 11.6. The van der Waals surface area contributed by atoms with Gasteiger partial charge < -0.3 is 28.6 Å². The van der Waals surface area contributed by atoms with Crippen LogP contribution in [0.4, 0.5) is 0 Å². The average molecular weight is 694 g/mol. The first kappa shape index (κ1) is 46.8. The van der Waals surface area contributed by atoms with Crippen LogP contribution in [0.3, 0.4) is 0 Å². The summed E-state index contributed by atoms with van der Waals surface area (Å²) in [4.78, 5) is 36.7. The van der Waals surface area contributed by atoms with Crippen LogP contribution in [0.15, 0.2) is 24.3 Å². The molecular formula is C41H75NO7. The zero-order valence-electron chi connectivity index (χ0n) is 32.4. The minimum absolute atomic E-state index is 0.0396.